The topological polar surface area (TPSA) is 55.7 Å². The van der Waals surface area contributed by atoms with Crippen LogP contribution >= 0.6 is 23.2 Å². The SMILES string of the molecule is Nc1nc(-[n+]2ccccc2)nc(Cl)c1Cl.[Cl-]. The van der Waals surface area contributed by atoms with Crippen molar-refractivity contribution >= 4 is 29.0 Å². The summed E-state index contributed by atoms with van der Waals surface area (Å²) in [5.74, 6) is 0.561. The van der Waals surface area contributed by atoms with Crippen molar-refractivity contribution in [3.63, 3.8) is 0 Å². The van der Waals surface area contributed by atoms with Gasteiger partial charge in [0.25, 0.3) is 0 Å². The molecule has 2 heterocycles. The fourth-order valence-corrected chi connectivity index (χ4v) is 1.33. The molecule has 0 spiro atoms. The number of hydrogen-bond donors (Lipinski definition) is 1. The molecule has 0 aliphatic rings. The molecule has 0 radical (unpaired) electrons. The highest BCUT2D eigenvalue weighted by molar-refractivity contribution is 6.42. The summed E-state index contributed by atoms with van der Waals surface area (Å²) in [6, 6.07) is 5.58. The van der Waals surface area contributed by atoms with E-state index >= 15 is 0 Å². The van der Waals surface area contributed by atoms with Gasteiger partial charge >= 0.3 is 5.95 Å². The van der Waals surface area contributed by atoms with Crippen LogP contribution in [0.5, 0.6) is 0 Å². The number of pyridine rings is 1. The van der Waals surface area contributed by atoms with Gasteiger partial charge in [-0.1, -0.05) is 22.7 Å². The predicted molar refractivity (Wildman–Crippen MR) is 58.0 cm³/mol. The summed E-state index contributed by atoms with van der Waals surface area (Å²) in [5, 5.41) is 0.326. The first-order valence-electron chi connectivity index (χ1n) is 4.13. The Morgan fingerprint density at radius 2 is 1.69 bits per heavy atom. The van der Waals surface area contributed by atoms with E-state index in [1.165, 1.54) is 0 Å². The number of rotatable bonds is 1. The van der Waals surface area contributed by atoms with E-state index < -0.39 is 0 Å². The summed E-state index contributed by atoms with van der Waals surface area (Å²) in [4.78, 5) is 8.03. The summed E-state index contributed by atoms with van der Waals surface area (Å²) in [5.41, 5.74) is 5.58. The van der Waals surface area contributed by atoms with Gasteiger partial charge < -0.3 is 18.1 Å². The maximum absolute atomic E-state index is 5.79. The first-order chi connectivity index (χ1) is 7.18. The summed E-state index contributed by atoms with van der Waals surface area (Å²) in [6.07, 6.45) is 3.58. The Labute approximate surface area is 108 Å². The molecule has 0 atom stereocenters. The molecule has 0 aliphatic heterocycles. The molecular formula is C9H7Cl3N4. The lowest BCUT2D eigenvalue weighted by molar-refractivity contribution is -0.603. The highest BCUT2D eigenvalue weighted by Gasteiger charge is 2.18. The van der Waals surface area contributed by atoms with Crippen LogP contribution in [0, 0.1) is 0 Å². The van der Waals surface area contributed by atoms with Crippen LogP contribution in [0.1, 0.15) is 0 Å². The highest BCUT2D eigenvalue weighted by atomic mass is 35.5. The molecule has 0 unspecified atom stereocenters. The molecular weight excluding hydrogens is 270 g/mol. The smallest absolute Gasteiger partial charge is 0.440 e. The fraction of sp³-hybridized carbons (Fsp3) is 0. The normalized spacial score (nSPS) is 9.62. The van der Waals surface area contributed by atoms with Gasteiger partial charge in [-0.25, -0.2) is 4.57 Å². The standard InChI is InChI=1S/C9H7Cl2N4.ClH/c10-6-7(11)13-9(14-8(6)12)15-4-2-1-3-5-15;/h1-5H,(H2,12,13,14);1H/q+1;/p-1. The lowest BCUT2D eigenvalue weighted by Crippen LogP contribution is -3.00. The molecule has 0 aromatic carbocycles. The van der Waals surface area contributed by atoms with Crippen LogP contribution in [0.25, 0.3) is 5.95 Å². The number of halogens is 3. The summed E-state index contributed by atoms with van der Waals surface area (Å²) in [7, 11) is 0. The third-order valence-corrected chi connectivity index (χ3v) is 2.51. The number of nitrogens with two attached hydrogens (primary N) is 1. The molecule has 2 rings (SSSR count). The minimum absolute atomic E-state index is 0. The Morgan fingerprint density at radius 3 is 2.25 bits per heavy atom. The lowest BCUT2D eigenvalue weighted by atomic mass is 10.5. The maximum Gasteiger partial charge on any atom is 0.440 e. The minimum atomic E-state index is 0. The molecule has 2 aromatic heterocycles. The zero-order valence-corrected chi connectivity index (χ0v) is 10.2. The molecule has 0 aliphatic carbocycles. The van der Waals surface area contributed by atoms with E-state index in [1.54, 1.807) is 17.0 Å². The van der Waals surface area contributed by atoms with Crippen LogP contribution in [-0.2, 0) is 0 Å². The molecule has 4 nitrogen and oxygen atoms in total. The van der Waals surface area contributed by atoms with Gasteiger partial charge in [-0.05, 0) is 28.7 Å². The molecule has 84 valence electrons. The van der Waals surface area contributed by atoms with Gasteiger partial charge in [0, 0.05) is 0 Å². The van der Waals surface area contributed by atoms with Gasteiger partial charge in [-0.2, -0.15) is 0 Å². The van der Waals surface area contributed by atoms with Crippen molar-refractivity contribution in [2.24, 2.45) is 0 Å². The summed E-state index contributed by atoms with van der Waals surface area (Å²) in [6.45, 7) is 0. The van der Waals surface area contributed by atoms with Crippen molar-refractivity contribution in [1.82, 2.24) is 9.97 Å². The Kier molecular flexibility index (Phi) is 4.29. The quantitative estimate of drug-likeness (QED) is 0.518. The van der Waals surface area contributed by atoms with Gasteiger partial charge in [-0.3, -0.25) is 0 Å². The molecule has 7 heteroatoms. The lowest BCUT2D eigenvalue weighted by Gasteiger charge is -1.96. The largest absolute Gasteiger partial charge is 1.00 e. The molecule has 0 amide bonds. The molecule has 2 N–H and O–H groups in total. The average Bonchev–Trinajstić information content (AvgIpc) is 2.26. The number of aromatic nitrogens is 3. The Hall–Kier alpha value is -1.10. The van der Waals surface area contributed by atoms with E-state index in [-0.39, 0.29) is 28.4 Å². The van der Waals surface area contributed by atoms with Crippen molar-refractivity contribution in [2.75, 3.05) is 5.73 Å². The second kappa shape index (κ2) is 5.30. The molecule has 0 bridgehead atoms. The van der Waals surface area contributed by atoms with Crippen molar-refractivity contribution < 1.29 is 17.0 Å². The fourth-order valence-electron chi connectivity index (χ4n) is 1.07. The van der Waals surface area contributed by atoms with Crippen molar-refractivity contribution in [3.05, 3.63) is 40.8 Å². The zero-order chi connectivity index (χ0) is 10.8. The van der Waals surface area contributed by atoms with E-state index in [1.807, 2.05) is 18.2 Å². The van der Waals surface area contributed by atoms with Crippen LogP contribution < -0.4 is 22.7 Å². The molecule has 0 fully saturated rings. The third-order valence-electron chi connectivity index (χ3n) is 1.77. The zero-order valence-electron chi connectivity index (χ0n) is 7.94. The summed E-state index contributed by atoms with van der Waals surface area (Å²) >= 11 is 11.5. The molecule has 16 heavy (non-hydrogen) atoms. The van der Waals surface area contributed by atoms with E-state index in [9.17, 15) is 0 Å². The Bertz CT molecular complexity index is 466. The van der Waals surface area contributed by atoms with Gasteiger partial charge in [-0.15, -0.1) is 0 Å². The van der Waals surface area contributed by atoms with E-state index in [0.29, 0.717) is 5.95 Å². The van der Waals surface area contributed by atoms with Crippen molar-refractivity contribution in [1.29, 1.82) is 0 Å². The second-order valence-electron chi connectivity index (χ2n) is 2.80. The second-order valence-corrected chi connectivity index (χ2v) is 3.53. The van der Waals surface area contributed by atoms with Crippen LogP contribution in [0.4, 0.5) is 5.82 Å². The monoisotopic (exact) mass is 276 g/mol. The van der Waals surface area contributed by atoms with Gasteiger partial charge in [0.05, 0.1) is 12.4 Å². The summed E-state index contributed by atoms with van der Waals surface area (Å²) < 4.78 is 1.69. The van der Waals surface area contributed by atoms with Crippen molar-refractivity contribution in [2.45, 2.75) is 0 Å². The number of hydrogen-bond acceptors (Lipinski definition) is 3. The van der Waals surface area contributed by atoms with Gasteiger partial charge in [0.15, 0.2) is 5.02 Å². The molecule has 0 saturated heterocycles. The maximum atomic E-state index is 5.79. The molecule has 0 saturated carbocycles. The average molecular weight is 278 g/mol. The van der Waals surface area contributed by atoms with E-state index in [0.717, 1.165) is 0 Å². The van der Waals surface area contributed by atoms with Gasteiger partial charge in [0.1, 0.15) is 0 Å². The van der Waals surface area contributed by atoms with Gasteiger partial charge in [0.2, 0.25) is 11.0 Å². The molecule has 2 aromatic rings. The minimum Gasteiger partial charge on any atom is -1.00 e. The van der Waals surface area contributed by atoms with Crippen LogP contribution in [0.3, 0.4) is 0 Å². The van der Waals surface area contributed by atoms with E-state index in [4.69, 9.17) is 28.9 Å². The van der Waals surface area contributed by atoms with E-state index in [2.05, 4.69) is 9.97 Å². The van der Waals surface area contributed by atoms with Crippen LogP contribution in [0.15, 0.2) is 30.6 Å². The first kappa shape index (κ1) is 13.0. The number of nitrogens with zero attached hydrogens (tertiary/aromatic N) is 3. The number of anilines is 1. The predicted octanol–water partition coefficient (Wildman–Crippen LogP) is -1.35. The third kappa shape index (κ3) is 2.52. The highest BCUT2D eigenvalue weighted by Crippen LogP contribution is 2.23. The Balaban J connectivity index is 0.00000128. The van der Waals surface area contributed by atoms with Crippen molar-refractivity contribution in [3.8, 4) is 5.95 Å². The van der Waals surface area contributed by atoms with Crippen LogP contribution in [-0.4, -0.2) is 9.97 Å². The Morgan fingerprint density at radius 1 is 1.06 bits per heavy atom. The number of nitrogen functional groups attached to an aromatic ring is 1. The first-order valence-corrected chi connectivity index (χ1v) is 4.89. The van der Waals surface area contributed by atoms with Crippen LogP contribution in [0.2, 0.25) is 10.2 Å².